The number of esters is 1. The van der Waals surface area contributed by atoms with Crippen LogP contribution in [-0.4, -0.2) is 49.1 Å². The van der Waals surface area contributed by atoms with Crippen molar-refractivity contribution in [3.63, 3.8) is 0 Å². The molecule has 0 bridgehead atoms. The molecule has 1 saturated heterocycles. The Morgan fingerprint density at radius 2 is 2.06 bits per heavy atom. The average Bonchev–Trinajstić information content (AvgIpc) is 2.63. The quantitative estimate of drug-likeness (QED) is 0.760. The van der Waals surface area contributed by atoms with Crippen LogP contribution in [0.15, 0.2) is 0 Å². The fourth-order valence-electron chi connectivity index (χ4n) is 2.16. The lowest BCUT2D eigenvalue weighted by Crippen LogP contribution is -2.50. The Labute approximate surface area is 109 Å². The first-order valence-corrected chi connectivity index (χ1v) is 6.67. The minimum Gasteiger partial charge on any atom is -0.468 e. The second-order valence-electron chi connectivity index (χ2n) is 4.99. The molecule has 1 unspecified atom stereocenters. The van der Waals surface area contributed by atoms with Crippen LogP contribution in [0.25, 0.3) is 0 Å². The van der Waals surface area contributed by atoms with E-state index in [0.717, 1.165) is 32.2 Å². The molecule has 0 aliphatic carbocycles. The van der Waals surface area contributed by atoms with Crippen LogP contribution in [0.1, 0.15) is 39.5 Å². The number of nitrogens with zero attached hydrogens (tertiary/aromatic N) is 1. The summed E-state index contributed by atoms with van der Waals surface area (Å²) in [5, 5.41) is 3.26. The third kappa shape index (κ3) is 4.29. The van der Waals surface area contributed by atoms with Crippen molar-refractivity contribution < 1.29 is 14.3 Å². The van der Waals surface area contributed by atoms with E-state index >= 15 is 0 Å². The fraction of sp³-hybridized carbons (Fsp3) is 0.846. The van der Waals surface area contributed by atoms with Gasteiger partial charge in [0, 0.05) is 6.04 Å². The Balaban J connectivity index is 2.65. The molecule has 18 heavy (non-hydrogen) atoms. The van der Waals surface area contributed by atoms with Gasteiger partial charge in [0.15, 0.2) is 0 Å². The van der Waals surface area contributed by atoms with Crippen LogP contribution in [0.2, 0.25) is 0 Å². The lowest BCUT2D eigenvalue weighted by Gasteiger charge is -2.29. The molecule has 1 aliphatic heterocycles. The van der Waals surface area contributed by atoms with Crippen LogP contribution in [0.4, 0.5) is 0 Å². The van der Waals surface area contributed by atoms with Crippen LogP contribution >= 0.6 is 0 Å². The van der Waals surface area contributed by atoms with Crippen LogP contribution in [0.5, 0.6) is 0 Å². The van der Waals surface area contributed by atoms with Crippen LogP contribution in [0.3, 0.4) is 0 Å². The number of ether oxygens (including phenoxy) is 1. The molecule has 0 aromatic heterocycles. The minimum absolute atomic E-state index is 0.00153. The molecule has 0 aromatic rings. The number of carbonyl (C=O) groups is 2. The van der Waals surface area contributed by atoms with Crippen molar-refractivity contribution in [1.29, 1.82) is 0 Å². The van der Waals surface area contributed by atoms with Gasteiger partial charge >= 0.3 is 5.97 Å². The number of methoxy groups -OCH3 is 1. The zero-order chi connectivity index (χ0) is 13.5. The van der Waals surface area contributed by atoms with Gasteiger partial charge in [-0.1, -0.05) is 12.8 Å². The average molecular weight is 256 g/mol. The van der Waals surface area contributed by atoms with Crippen molar-refractivity contribution in [2.45, 2.75) is 51.6 Å². The molecule has 1 atom stereocenters. The van der Waals surface area contributed by atoms with Gasteiger partial charge in [-0.15, -0.1) is 0 Å². The number of hydrogen-bond donors (Lipinski definition) is 1. The van der Waals surface area contributed by atoms with Crippen molar-refractivity contribution >= 4 is 11.9 Å². The normalized spacial score (nSPS) is 20.3. The standard InChI is InChI=1S/C13H24N2O3/c1-10(2)15(9-12(16)18-3)13(17)11-7-5-4-6-8-14-11/h10-11,14H,4-9H2,1-3H3. The molecular weight excluding hydrogens is 232 g/mol. The Morgan fingerprint density at radius 3 is 2.67 bits per heavy atom. The summed E-state index contributed by atoms with van der Waals surface area (Å²) < 4.78 is 4.64. The SMILES string of the molecule is COC(=O)CN(C(=O)C1CCCCCN1)C(C)C. The molecule has 5 nitrogen and oxygen atoms in total. The van der Waals surface area contributed by atoms with E-state index in [-0.39, 0.29) is 30.5 Å². The fourth-order valence-corrected chi connectivity index (χ4v) is 2.16. The Morgan fingerprint density at radius 1 is 1.33 bits per heavy atom. The second-order valence-corrected chi connectivity index (χ2v) is 4.99. The molecule has 1 fully saturated rings. The maximum Gasteiger partial charge on any atom is 0.325 e. The molecule has 1 heterocycles. The van der Waals surface area contributed by atoms with E-state index < -0.39 is 0 Å². The number of hydrogen-bond acceptors (Lipinski definition) is 4. The van der Waals surface area contributed by atoms with Gasteiger partial charge in [-0.05, 0) is 33.2 Å². The third-order valence-electron chi connectivity index (χ3n) is 3.29. The predicted molar refractivity (Wildman–Crippen MR) is 69.1 cm³/mol. The van der Waals surface area contributed by atoms with Gasteiger partial charge in [0.05, 0.1) is 13.2 Å². The number of nitrogens with one attached hydrogen (secondary N) is 1. The van der Waals surface area contributed by atoms with Gasteiger partial charge in [0.25, 0.3) is 0 Å². The molecule has 0 saturated carbocycles. The summed E-state index contributed by atoms with van der Waals surface area (Å²) in [6.07, 6.45) is 4.19. The molecular formula is C13H24N2O3. The van der Waals surface area contributed by atoms with E-state index in [0.29, 0.717) is 0 Å². The number of rotatable bonds is 4. The zero-order valence-electron chi connectivity index (χ0n) is 11.6. The summed E-state index contributed by atoms with van der Waals surface area (Å²) >= 11 is 0. The first kappa shape index (κ1) is 15.0. The summed E-state index contributed by atoms with van der Waals surface area (Å²) in [4.78, 5) is 25.3. The molecule has 0 aromatic carbocycles. The summed E-state index contributed by atoms with van der Waals surface area (Å²) in [5.41, 5.74) is 0. The molecule has 1 N–H and O–H groups in total. The van der Waals surface area contributed by atoms with Gasteiger partial charge in [-0.25, -0.2) is 0 Å². The van der Waals surface area contributed by atoms with E-state index in [9.17, 15) is 9.59 Å². The highest BCUT2D eigenvalue weighted by Gasteiger charge is 2.28. The second kappa shape index (κ2) is 7.36. The Kier molecular flexibility index (Phi) is 6.12. The van der Waals surface area contributed by atoms with Gasteiger partial charge < -0.3 is 15.0 Å². The van der Waals surface area contributed by atoms with E-state index in [1.807, 2.05) is 13.8 Å². The lowest BCUT2D eigenvalue weighted by atomic mass is 10.1. The highest BCUT2D eigenvalue weighted by atomic mass is 16.5. The number of amides is 1. The van der Waals surface area contributed by atoms with Crippen LogP contribution in [-0.2, 0) is 14.3 Å². The maximum atomic E-state index is 12.4. The first-order chi connectivity index (χ1) is 8.56. The molecule has 1 rings (SSSR count). The third-order valence-corrected chi connectivity index (χ3v) is 3.29. The van der Waals surface area contributed by atoms with Gasteiger partial charge in [0.2, 0.25) is 5.91 Å². The predicted octanol–water partition coefficient (Wildman–Crippen LogP) is 0.929. The maximum absolute atomic E-state index is 12.4. The molecule has 0 spiro atoms. The lowest BCUT2D eigenvalue weighted by molar-refractivity contribution is -0.149. The molecule has 0 radical (unpaired) electrons. The van der Waals surface area contributed by atoms with Gasteiger partial charge in [0.1, 0.15) is 6.54 Å². The summed E-state index contributed by atoms with van der Waals surface area (Å²) in [6, 6.07) is -0.152. The van der Waals surface area contributed by atoms with Crippen LogP contribution < -0.4 is 5.32 Å². The topological polar surface area (TPSA) is 58.6 Å². The Hall–Kier alpha value is -1.10. The summed E-state index contributed by atoms with van der Waals surface area (Å²) in [5.74, 6) is -0.358. The summed E-state index contributed by atoms with van der Waals surface area (Å²) in [6.45, 7) is 4.74. The molecule has 104 valence electrons. The highest BCUT2D eigenvalue weighted by molar-refractivity contribution is 5.86. The Bertz CT molecular complexity index is 284. The van der Waals surface area contributed by atoms with E-state index in [4.69, 9.17) is 0 Å². The molecule has 1 aliphatic rings. The molecule has 1 amide bonds. The monoisotopic (exact) mass is 256 g/mol. The largest absolute Gasteiger partial charge is 0.468 e. The van der Waals surface area contributed by atoms with Crippen molar-refractivity contribution in [3.8, 4) is 0 Å². The number of carbonyl (C=O) groups excluding carboxylic acids is 2. The first-order valence-electron chi connectivity index (χ1n) is 6.67. The van der Waals surface area contributed by atoms with Gasteiger partial charge in [-0.3, -0.25) is 9.59 Å². The minimum atomic E-state index is -0.370. The molecule has 5 heteroatoms. The van der Waals surface area contributed by atoms with Crippen molar-refractivity contribution in [2.75, 3.05) is 20.2 Å². The smallest absolute Gasteiger partial charge is 0.325 e. The highest BCUT2D eigenvalue weighted by Crippen LogP contribution is 2.12. The van der Waals surface area contributed by atoms with Gasteiger partial charge in [-0.2, -0.15) is 0 Å². The van der Waals surface area contributed by atoms with Crippen molar-refractivity contribution in [3.05, 3.63) is 0 Å². The van der Waals surface area contributed by atoms with E-state index in [1.54, 1.807) is 4.90 Å². The van der Waals surface area contributed by atoms with E-state index in [1.165, 1.54) is 7.11 Å². The van der Waals surface area contributed by atoms with Crippen molar-refractivity contribution in [1.82, 2.24) is 10.2 Å². The van der Waals surface area contributed by atoms with Crippen LogP contribution in [0, 0.1) is 0 Å². The van der Waals surface area contributed by atoms with Crippen molar-refractivity contribution in [2.24, 2.45) is 0 Å². The zero-order valence-corrected chi connectivity index (χ0v) is 11.6. The summed E-state index contributed by atoms with van der Waals surface area (Å²) in [7, 11) is 1.34. The van der Waals surface area contributed by atoms with E-state index in [2.05, 4.69) is 10.1 Å².